The number of carbonyl (C=O) groups is 1. The zero-order valence-corrected chi connectivity index (χ0v) is 16.0. The molecule has 0 saturated heterocycles. The molecular weight excluding hydrogens is 370 g/mol. The van der Waals surface area contributed by atoms with Crippen LogP contribution in [-0.2, 0) is 17.6 Å². The van der Waals surface area contributed by atoms with Crippen LogP contribution in [0.15, 0.2) is 5.16 Å². The number of nitrogens with zero attached hydrogens (tertiary/aromatic N) is 6. The third-order valence-electron chi connectivity index (χ3n) is 4.78. The molecule has 10 heteroatoms. The molecule has 8 nitrogen and oxygen atoms in total. The van der Waals surface area contributed by atoms with E-state index in [1.807, 2.05) is 11.3 Å². The summed E-state index contributed by atoms with van der Waals surface area (Å²) in [6.07, 6.45) is 3.34. The number of thioether (sulfide) groups is 1. The highest BCUT2D eigenvalue weighted by Crippen LogP contribution is 2.40. The first-order valence-electron chi connectivity index (χ1n) is 8.48. The van der Waals surface area contributed by atoms with Crippen LogP contribution >= 0.6 is 23.1 Å². The van der Waals surface area contributed by atoms with E-state index in [0.29, 0.717) is 22.7 Å². The molecule has 5 rings (SSSR count). The molecule has 0 saturated carbocycles. The fourth-order valence-corrected chi connectivity index (χ4v) is 5.72. The van der Waals surface area contributed by atoms with Crippen molar-refractivity contribution in [3.8, 4) is 0 Å². The molecule has 1 aliphatic carbocycles. The second kappa shape index (κ2) is 5.65. The Morgan fingerprint density at radius 1 is 1.42 bits per heavy atom. The van der Waals surface area contributed by atoms with Gasteiger partial charge in [0, 0.05) is 4.88 Å². The van der Waals surface area contributed by atoms with E-state index in [2.05, 4.69) is 27.2 Å². The molecule has 0 bridgehead atoms. The van der Waals surface area contributed by atoms with Crippen LogP contribution in [0.25, 0.3) is 21.6 Å². The molecule has 4 heterocycles. The number of aromatic nitrogens is 6. The van der Waals surface area contributed by atoms with Gasteiger partial charge in [0.1, 0.15) is 10.7 Å². The van der Waals surface area contributed by atoms with Gasteiger partial charge in [0.25, 0.3) is 5.78 Å². The predicted molar refractivity (Wildman–Crippen MR) is 101 cm³/mol. The number of hydrogen-bond donors (Lipinski definition) is 1. The van der Waals surface area contributed by atoms with Crippen molar-refractivity contribution < 1.29 is 4.79 Å². The number of rotatable bonds is 3. The Hall–Kier alpha value is -2.20. The van der Waals surface area contributed by atoms with Crippen LogP contribution in [0.2, 0.25) is 0 Å². The van der Waals surface area contributed by atoms with E-state index in [4.69, 9.17) is 5.73 Å². The summed E-state index contributed by atoms with van der Waals surface area (Å²) in [7, 11) is 0. The third kappa shape index (κ3) is 2.25. The normalized spacial score (nSPS) is 17.4. The van der Waals surface area contributed by atoms with Gasteiger partial charge in [-0.05, 0) is 37.7 Å². The van der Waals surface area contributed by atoms with Crippen molar-refractivity contribution in [2.45, 2.75) is 38.3 Å². The molecule has 134 valence electrons. The smallest absolute Gasteiger partial charge is 0.260 e. The van der Waals surface area contributed by atoms with Gasteiger partial charge in [-0.15, -0.1) is 26.6 Å². The molecule has 2 N–H and O–H groups in total. The highest BCUT2D eigenvalue weighted by Gasteiger charge is 2.27. The van der Waals surface area contributed by atoms with Crippen molar-refractivity contribution >= 4 is 50.6 Å². The largest absolute Gasteiger partial charge is 0.369 e. The van der Waals surface area contributed by atoms with E-state index < -0.39 is 0 Å². The van der Waals surface area contributed by atoms with Crippen molar-refractivity contribution in [3.63, 3.8) is 0 Å². The molecule has 4 aromatic heterocycles. The summed E-state index contributed by atoms with van der Waals surface area (Å²) < 4.78 is 3.77. The van der Waals surface area contributed by atoms with Gasteiger partial charge in [0.05, 0.1) is 11.1 Å². The van der Waals surface area contributed by atoms with E-state index in [1.165, 1.54) is 28.6 Å². The Bertz CT molecular complexity index is 1190. The molecule has 0 fully saturated rings. The fraction of sp³-hybridized carbons (Fsp3) is 0.438. The molecule has 0 radical (unpaired) electrons. The maximum Gasteiger partial charge on any atom is 0.260 e. The summed E-state index contributed by atoms with van der Waals surface area (Å²) in [4.78, 5) is 18.4. The standard InChI is InChI=1S/C16H17N7OS2/c1-7-3-4-10-9(5-7)12-13-18-8(2)21-23(13)15-19-20-16(25-6-11(17)24)22(15)14(12)26-10/h7H,3-6H2,1-2H3,(H2,17,24)/t7-/m0/s1. The van der Waals surface area contributed by atoms with E-state index in [-0.39, 0.29) is 11.7 Å². The minimum atomic E-state index is -0.375. The molecule has 1 amide bonds. The van der Waals surface area contributed by atoms with Gasteiger partial charge >= 0.3 is 0 Å². The average Bonchev–Trinajstić information content (AvgIpc) is 3.26. The molecule has 1 aliphatic rings. The Labute approximate surface area is 156 Å². The lowest BCUT2D eigenvalue weighted by atomic mass is 9.89. The molecule has 0 aliphatic heterocycles. The molecule has 26 heavy (non-hydrogen) atoms. The summed E-state index contributed by atoms with van der Waals surface area (Å²) >= 11 is 3.08. The number of primary amides is 1. The van der Waals surface area contributed by atoms with Crippen LogP contribution < -0.4 is 5.73 Å². The first-order valence-corrected chi connectivity index (χ1v) is 10.3. The molecule has 0 aromatic carbocycles. The number of nitrogens with two attached hydrogens (primary N) is 1. The van der Waals surface area contributed by atoms with Crippen molar-refractivity contribution in [3.05, 3.63) is 16.3 Å². The van der Waals surface area contributed by atoms with E-state index in [0.717, 1.165) is 28.7 Å². The number of hydrogen-bond acceptors (Lipinski definition) is 7. The number of aryl methyl sites for hydroxylation is 2. The van der Waals surface area contributed by atoms with Crippen LogP contribution in [0, 0.1) is 12.8 Å². The number of fused-ring (bicyclic) bond motifs is 8. The molecule has 0 unspecified atom stereocenters. The summed E-state index contributed by atoms with van der Waals surface area (Å²) in [5.41, 5.74) is 7.53. The lowest BCUT2D eigenvalue weighted by Crippen LogP contribution is -2.13. The number of amides is 1. The van der Waals surface area contributed by atoms with Crippen molar-refractivity contribution in [2.75, 3.05) is 5.75 Å². The second-order valence-corrected chi connectivity index (χ2v) is 8.83. The third-order valence-corrected chi connectivity index (χ3v) is 7.01. The Morgan fingerprint density at radius 2 is 2.27 bits per heavy atom. The fourth-order valence-electron chi connectivity index (χ4n) is 3.65. The Morgan fingerprint density at radius 3 is 3.08 bits per heavy atom. The minimum absolute atomic E-state index is 0.166. The summed E-state index contributed by atoms with van der Waals surface area (Å²) in [6.45, 7) is 4.18. The highest BCUT2D eigenvalue weighted by atomic mass is 32.2. The van der Waals surface area contributed by atoms with E-state index in [1.54, 1.807) is 15.9 Å². The minimum Gasteiger partial charge on any atom is -0.369 e. The van der Waals surface area contributed by atoms with E-state index >= 15 is 0 Å². The first-order chi connectivity index (χ1) is 12.5. The van der Waals surface area contributed by atoms with Crippen LogP contribution in [0.3, 0.4) is 0 Å². The highest BCUT2D eigenvalue weighted by molar-refractivity contribution is 7.99. The summed E-state index contributed by atoms with van der Waals surface area (Å²) in [6, 6.07) is 0. The first kappa shape index (κ1) is 16.0. The van der Waals surface area contributed by atoms with Gasteiger partial charge in [-0.25, -0.2) is 9.38 Å². The Balaban J connectivity index is 1.89. The van der Waals surface area contributed by atoms with Crippen LogP contribution in [0.1, 0.15) is 29.6 Å². The second-order valence-electron chi connectivity index (χ2n) is 6.80. The maximum atomic E-state index is 11.2. The van der Waals surface area contributed by atoms with E-state index in [9.17, 15) is 4.79 Å². The monoisotopic (exact) mass is 387 g/mol. The van der Waals surface area contributed by atoms with Crippen LogP contribution in [0.5, 0.6) is 0 Å². The van der Waals surface area contributed by atoms with Gasteiger partial charge < -0.3 is 5.73 Å². The summed E-state index contributed by atoms with van der Waals surface area (Å²) in [5, 5.41) is 14.9. The van der Waals surface area contributed by atoms with Crippen LogP contribution in [0.4, 0.5) is 0 Å². The van der Waals surface area contributed by atoms with Crippen molar-refractivity contribution in [2.24, 2.45) is 11.7 Å². The van der Waals surface area contributed by atoms with Gasteiger partial charge in [-0.3, -0.25) is 4.79 Å². The van der Waals surface area contributed by atoms with Gasteiger partial charge in [0.2, 0.25) is 5.91 Å². The molecule has 0 spiro atoms. The lowest BCUT2D eigenvalue weighted by molar-refractivity contribution is -0.115. The summed E-state index contributed by atoms with van der Waals surface area (Å²) in [5.74, 6) is 1.77. The average molecular weight is 387 g/mol. The SMILES string of the molecule is Cc1nc2c3c4c(sc3n3c(SCC(N)=O)nnc3n2n1)CC[C@H](C)C4. The molecular formula is C16H17N7OS2. The topological polar surface area (TPSA) is 103 Å². The van der Waals surface area contributed by atoms with Gasteiger partial charge in [-0.2, -0.15) is 4.52 Å². The predicted octanol–water partition coefficient (Wildman–Crippen LogP) is 2.00. The van der Waals surface area contributed by atoms with Crippen LogP contribution in [-0.4, -0.2) is 40.9 Å². The molecule has 4 aromatic rings. The quantitative estimate of drug-likeness (QED) is 0.539. The van der Waals surface area contributed by atoms with Gasteiger partial charge in [-0.1, -0.05) is 18.7 Å². The Kier molecular flexibility index (Phi) is 3.48. The number of thiophene rings is 1. The number of carbonyl (C=O) groups excluding carboxylic acids is 1. The zero-order chi connectivity index (χ0) is 18.0. The zero-order valence-electron chi connectivity index (χ0n) is 14.4. The lowest BCUT2D eigenvalue weighted by Gasteiger charge is -2.17. The van der Waals surface area contributed by atoms with Crippen molar-refractivity contribution in [1.29, 1.82) is 0 Å². The molecule has 1 atom stereocenters. The maximum absolute atomic E-state index is 11.2. The van der Waals surface area contributed by atoms with Crippen molar-refractivity contribution in [1.82, 2.24) is 29.2 Å². The van der Waals surface area contributed by atoms with Gasteiger partial charge in [0.15, 0.2) is 10.8 Å².